The minimum atomic E-state index is -0.847. The SMILES string of the molecule is CCNC1CCC(O)(c2ccc(C)c(F)c2)CC1. The molecule has 1 aromatic rings. The highest BCUT2D eigenvalue weighted by Gasteiger charge is 2.34. The number of nitrogens with one attached hydrogen (secondary N) is 1. The number of hydrogen-bond donors (Lipinski definition) is 2. The molecule has 18 heavy (non-hydrogen) atoms. The Morgan fingerprint density at radius 2 is 2.06 bits per heavy atom. The van der Waals surface area contributed by atoms with Crippen molar-refractivity contribution in [2.45, 2.75) is 51.2 Å². The Bertz CT molecular complexity index is 411. The van der Waals surface area contributed by atoms with Gasteiger partial charge in [0.2, 0.25) is 0 Å². The molecule has 1 aromatic carbocycles. The fourth-order valence-corrected chi connectivity index (χ4v) is 2.76. The third-order valence-corrected chi connectivity index (χ3v) is 4.01. The van der Waals surface area contributed by atoms with Gasteiger partial charge in [0.1, 0.15) is 5.82 Å². The summed E-state index contributed by atoms with van der Waals surface area (Å²) in [5.41, 5.74) is 0.504. The molecular weight excluding hydrogens is 229 g/mol. The standard InChI is InChI=1S/C15H22FNO/c1-3-17-13-6-8-15(18,9-7-13)12-5-4-11(2)14(16)10-12/h4-5,10,13,17-18H,3,6-9H2,1-2H3. The van der Waals surface area contributed by atoms with Crippen LogP contribution in [0.4, 0.5) is 4.39 Å². The largest absolute Gasteiger partial charge is 0.385 e. The number of rotatable bonds is 3. The van der Waals surface area contributed by atoms with E-state index in [1.807, 2.05) is 6.07 Å². The van der Waals surface area contributed by atoms with Gasteiger partial charge in [-0.05, 0) is 56.3 Å². The fraction of sp³-hybridized carbons (Fsp3) is 0.600. The number of halogens is 1. The first kappa shape index (κ1) is 13.5. The number of aryl methyl sites for hydroxylation is 1. The molecule has 2 N–H and O–H groups in total. The summed E-state index contributed by atoms with van der Waals surface area (Å²) < 4.78 is 13.6. The summed E-state index contributed by atoms with van der Waals surface area (Å²) >= 11 is 0. The minimum absolute atomic E-state index is 0.227. The molecule has 100 valence electrons. The lowest BCUT2D eigenvalue weighted by molar-refractivity contribution is -0.00840. The summed E-state index contributed by atoms with van der Waals surface area (Å²) in [5, 5.41) is 14.1. The average Bonchev–Trinajstić information content (AvgIpc) is 2.36. The Labute approximate surface area is 108 Å². The van der Waals surface area contributed by atoms with E-state index in [0.717, 1.165) is 24.9 Å². The Balaban J connectivity index is 2.10. The maximum atomic E-state index is 13.6. The lowest BCUT2D eigenvalue weighted by Gasteiger charge is -2.36. The normalized spacial score (nSPS) is 28.3. The molecule has 3 heteroatoms. The van der Waals surface area contributed by atoms with Crippen molar-refractivity contribution >= 4 is 0 Å². The van der Waals surface area contributed by atoms with Crippen LogP contribution in [0.15, 0.2) is 18.2 Å². The fourth-order valence-electron chi connectivity index (χ4n) is 2.76. The summed E-state index contributed by atoms with van der Waals surface area (Å²) in [6, 6.07) is 5.58. The van der Waals surface area contributed by atoms with Crippen molar-refractivity contribution in [1.82, 2.24) is 5.32 Å². The van der Waals surface area contributed by atoms with E-state index in [2.05, 4.69) is 12.2 Å². The van der Waals surface area contributed by atoms with E-state index < -0.39 is 5.60 Å². The molecule has 2 rings (SSSR count). The molecule has 0 spiro atoms. The van der Waals surface area contributed by atoms with E-state index in [0.29, 0.717) is 24.4 Å². The minimum Gasteiger partial charge on any atom is -0.385 e. The second kappa shape index (κ2) is 5.37. The van der Waals surface area contributed by atoms with Crippen LogP contribution in [-0.2, 0) is 5.60 Å². The van der Waals surface area contributed by atoms with Gasteiger partial charge in [-0.3, -0.25) is 0 Å². The van der Waals surface area contributed by atoms with Gasteiger partial charge in [-0.15, -0.1) is 0 Å². The molecule has 1 saturated carbocycles. The third kappa shape index (κ3) is 2.73. The zero-order chi connectivity index (χ0) is 13.2. The van der Waals surface area contributed by atoms with Crippen LogP contribution in [0.5, 0.6) is 0 Å². The molecular formula is C15H22FNO. The third-order valence-electron chi connectivity index (χ3n) is 4.01. The van der Waals surface area contributed by atoms with Crippen LogP contribution < -0.4 is 5.32 Å². The van der Waals surface area contributed by atoms with Gasteiger partial charge in [-0.1, -0.05) is 19.1 Å². The topological polar surface area (TPSA) is 32.3 Å². The highest BCUT2D eigenvalue weighted by molar-refractivity contribution is 5.28. The van der Waals surface area contributed by atoms with Gasteiger partial charge in [0, 0.05) is 6.04 Å². The first-order chi connectivity index (χ1) is 8.55. The van der Waals surface area contributed by atoms with Crippen molar-refractivity contribution in [1.29, 1.82) is 0 Å². The summed E-state index contributed by atoms with van der Waals surface area (Å²) in [7, 11) is 0. The summed E-state index contributed by atoms with van der Waals surface area (Å²) in [6.07, 6.45) is 3.29. The van der Waals surface area contributed by atoms with Crippen molar-refractivity contribution in [3.8, 4) is 0 Å². The molecule has 1 aliphatic carbocycles. The van der Waals surface area contributed by atoms with Crippen LogP contribution in [0.2, 0.25) is 0 Å². The number of aliphatic hydroxyl groups is 1. The quantitative estimate of drug-likeness (QED) is 0.865. The lowest BCUT2D eigenvalue weighted by atomic mass is 9.77. The molecule has 0 heterocycles. The van der Waals surface area contributed by atoms with Gasteiger partial charge in [-0.2, -0.15) is 0 Å². The zero-order valence-corrected chi connectivity index (χ0v) is 11.2. The molecule has 0 unspecified atom stereocenters. The van der Waals surface area contributed by atoms with Crippen molar-refractivity contribution < 1.29 is 9.50 Å². The summed E-state index contributed by atoms with van der Waals surface area (Å²) in [6.45, 7) is 4.80. The predicted octanol–water partition coefficient (Wildman–Crippen LogP) is 2.87. The van der Waals surface area contributed by atoms with Gasteiger partial charge in [0.15, 0.2) is 0 Å². The second-order valence-electron chi connectivity index (χ2n) is 5.33. The van der Waals surface area contributed by atoms with Crippen molar-refractivity contribution in [2.24, 2.45) is 0 Å². The first-order valence-corrected chi connectivity index (χ1v) is 6.77. The number of hydrogen-bond acceptors (Lipinski definition) is 2. The van der Waals surface area contributed by atoms with Crippen LogP contribution >= 0.6 is 0 Å². The van der Waals surface area contributed by atoms with Crippen LogP contribution in [-0.4, -0.2) is 17.7 Å². The van der Waals surface area contributed by atoms with Gasteiger partial charge < -0.3 is 10.4 Å². The molecule has 0 radical (unpaired) electrons. The van der Waals surface area contributed by atoms with Crippen molar-refractivity contribution in [3.63, 3.8) is 0 Å². The van der Waals surface area contributed by atoms with E-state index in [1.54, 1.807) is 13.0 Å². The molecule has 0 aliphatic heterocycles. The molecule has 1 fully saturated rings. The van der Waals surface area contributed by atoms with Crippen LogP contribution in [0.25, 0.3) is 0 Å². The summed E-state index contributed by atoms with van der Waals surface area (Å²) in [4.78, 5) is 0. The van der Waals surface area contributed by atoms with Gasteiger partial charge in [0.25, 0.3) is 0 Å². The van der Waals surface area contributed by atoms with E-state index in [4.69, 9.17) is 0 Å². The molecule has 0 bridgehead atoms. The Kier molecular flexibility index (Phi) is 4.03. The van der Waals surface area contributed by atoms with Crippen molar-refractivity contribution in [2.75, 3.05) is 6.54 Å². The Hall–Kier alpha value is -0.930. The second-order valence-corrected chi connectivity index (χ2v) is 5.33. The monoisotopic (exact) mass is 251 g/mol. The predicted molar refractivity (Wildman–Crippen MR) is 71.0 cm³/mol. The van der Waals surface area contributed by atoms with Crippen LogP contribution in [0, 0.1) is 12.7 Å². The zero-order valence-electron chi connectivity index (χ0n) is 11.2. The average molecular weight is 251 g/mol. The molecule has 0 aromatic heterocycles. The smallest absolute Gasteiger partial charge is 0.126 e. The lowest BCUT2D eigenvalue weighted by Crippen LogP contribution is -2.39. The van der Waals surface area contributed by atoms with Crippen LogP contribution in [0.3, 0.4) is 0 Å². The van der Waals surface area contributed by atoms with Crippen LogP contribution in [0.1, 0.15) is 43.7 Å². The molecule has 0 atom stereocenters. The van der Waals surface area contributed by atoms with Gasteiger partial charge >= 0.3 is 0 Å². The maximum absolute atomic E-state index is 13.6. The maximum Gasteiger partial charge on any atom is 0.126 e. The Morgan fingerprint density at radius 1 is 1.39 bits per heavy atom. The van der Waals surface area contributed by atoms with E-state index in [-0.39, 0.29) is 5.82 Å². The summed E-state index contributed by atoms with van der Waals surface area (Å²) in [5.74, 6) is -0.227. The number of benzene rings is 1. The van der Waals surface area contributed by atoms with Gasteiger partial charge in [-0.25, -0.2) is 4.39 Å². The first-order valence-electron chi connectivity index (χ1n) is 6.77. The van der Waals surface area contributed by atoms with E-state index in [1.165, 1.54) is 6.07 Å². The molecule has 2 nitrogen and oxygen atoms in total. The van der Waals surface area contributed by atoms with Crippen molar-refractivity contribution in [3.05, 3.63) is 35.1 Å². The van der Waals surface area contributed by atoms with E-state index >= 15 is 0 Å². The molecule has 1 aliphatic rings. The molecule has 0 amide bonds. The highest BCUT2D eigenvalue weighted by Crippen LogP contribution is 2.37. The van der Waals surface area contributed by atoms with Gasteiger partial charge in [0.05, 0.1) is 5.60 Å². The van der Waals surface area contributed by atoms with E-state index in [9.17, 15) is 9.50 Å². The highest BCUT2D eigenvalue weighted by atomic mass is 19.1. The Morgan fingerprint density at radius 3 is 2.61 bits per heavy atom. The molecule has 0 saturated heterocycles.